The molecule has 0 fully saturated rings. The number of benzene rings is 5. The van der Waals surface area contributed by atoms with Crippen LogP contribution in [0, 0.1) is 12.7 Å². The molecule has 50 heavy (non-hydrogen) atoms. The number of hydrogen-bond donors (Lipinski definition) is 3. The highest BCUT2D eigenvalue weighted by molar-refractivity contribution is 8.00. The third kappa shape index (κ3) is 8.98. The summed E-state index contributed by atoms with van der Waals surface area (Å²) in [7, 11) is 0. The molecule has 1 atom stereocenters. The Labute approximate surface area is 297 Å². The molecule has 1 heterocycles. The molecule has 10 heteroatoms. The minimum Gasteiger partial charge on any atom is -0.321 e. The molecule has 0 saturated heterocycles. The first-order valence-corrected chi connectivity index (χ1v) is 17.4. The van der Waals surface area contributed by atoms with Gasteiger partial charge in [-0.15, -0.1) is 23.1 Å². The molecule has 3 amide bonds. The van der Waals surface area contributed by atoms with Crippen molar-refractivity contribution in [2.75, 3.05) is 10.6 Å². The highest BCUT2D eigenvalue weighted by atomic mass is 32.2. The van der Waals surface area contributed by atoms with Crippen LogP contribution in [0.4, 0.5) is 15.2 Å². The zero-order valence-corrected chi connectivity index (χ0v) is 28.4. The average Bonchev–Trinajstić information content (AvgIpc) is 3.59. The summed E-state index contributed by atoms with van der Waals surface area (Å²) in [6.07, 6.45) is 1.64. The molecular formula is C40H31FN4O3S2. The Kier molecular flexibility index (Phi) is 10.9. The van der Waals surface area contributed by atoms with Gasteiger partial charge in [-0.1, -0.05) is 84.4 Å². The molecular weight excluding hydrogens is 668 g/mol. The van der Waals surface area contributed by atoms with Gasteiger partial charge >= 0.3 is 0 Å². The lowest BCUT2D eigenvalue weighted by molar-refractivity contribution is -0.116. The fraction of sp³-hybridized carbons (Fsp3) is 0.0500. The number of aryl methyl sites for hydroxylation is 1. The standard InChI is InChI=1S/C40H31FN4O3S2/c1-26-10-8-11-27(22-26)23-34(43-37(46)30-14-6-3-7-15-30)38(47)42-32-16-9-17-33(24-32)50-36(29-12-4-2-5-13-29)39(48)45-40-44-35(25-49-40)28-18-20-31(41)21-19-28/h2-25,36H,1H3,(H,42,47)(H,43,46)(H,44,45,48)/b34-23+. The number of aromatic nitrogens is 1. The number of amides is 3. The number of carbonyl (C=O) groups excluding carboxylic acids is 3. The van der Waals surface area contributed by atoms with Crippen LogP contribution < -0.4 is 16.0 Å². The van der Waals surface area contributed by atoms with E-state index in [9.17, 15) is 18.8 Å². The van der Waals surface area contributed by atoms with Gasteiger partial charge in [0.1, 0.15) is 16.8 Å². The van der Waals surface area contributed by atoms with Crippen molar-refractivity contribution in [3.63, 3.8) is 0 Å². The highest BCUT2D eigenvalue weighted by Gasteiger charge is 2.24. The fourth-order valence-electron chi connectivity index (χ4n) is 5.01. The number of halogens is 1. The number of thiazole rings is 1. The Balaban J connectivity index is 1.21. The van der Waals surface area contributed by atoms with Crippen molar-refractivity contribution < 1.29 is 18.8 Å². The van der Waals surface area contributed by atoms with Crippen molar-refractivity contribution >= 4 is 57.7 Å². The van der Waals surface area contributed by atoms with Crippen LogP contribution in [-0.4, -0.2) is 22.7 Å². The van der Waals surface area contributed by atoms with Crippen molar-refractivity contribution in [2.45, 2.75) is 17.1 Å². The minimum absolute atomic E-state index is 0.0764. The summed E-state index contributed by atoms with van der Waals surface area (Å²) in [6.45, 7) is 1.95. The van der Waals surface area contributed by atoms with E-state index < -0.39 is 17.1 Å². The predicted octanol–water partition coefficient (Wildman–Crippen LogP) is 9.14. The number of anilines is 2. The van der Waals surface area contributed by atoms with Crippen LogP contribution in [0.5, 0.6) is 0 Å². The summed E-state index contributed by atoms with van der Waals surface area (Å²) in [4.78, 5) is 45.8. The van der Waals surface area contributed by atoms with E-state index in [0.717, 1.165) is 27.1 Å². The monoisotopic (exact) mass is 698 g/mol. The Bertz CT molecular complexity index is 2150. The molecule has 1 unspecified atom stereocenters. The van der Waals surface area contributed by atoms with Crippen LogP contribution in [0.2, 0.25) is 0 Å². The SMILES string of the molecule is Cc1cccc(/C=C(/NC(=O)c2ccccc2)C(=O)Nc2cccc(SC(C(=O)Nc3nc(-c4ccc(F)cc4)cs3)c3ccccc3)c2)c1. The maximum absolute atomic E-state index is 13.7. The summed E-state index contributed by atoms with van der Waals surface area (Å²) in [5, 5.41) is 10.2. The molecule has 0 aliphatic rings. The molecule has 248 valence electrons. The normalized spacial score (nSPS) is 11.8. The molecule has 6 rings (SSSR count). The topological polar surface area (TPSA) is 100 Å². The molecule has 0 saturated carbocycles. The van der Waals surface area contributed by atoms with Gasteiger partial charge in [0.25, 0.3) is 11.8 Å². The van der Waals surface area contributed by atoms with E-state index >= 15 is 0 Å². The number of carbonyl (C=O) groups is 3. The maximum atomic E-state index is 13.7. The third-order valence-electron chi connectivity index (χ3n) is 7.44. The maximum Gasteiger partial charge on any atom is 0.272 e. The van der Waals surface area contributed by atoms with Gasteiger partial charge in [0.2, 0.25) is 5.91 Å². The van der Waals surface area contributed by atoms with Crippen LogP contribution in [-0.2, 0) is 9.59 Å². The van der Waals surface area contributed by atoms with E-state index in [1.165, 1.54) is 35.2 Å². The fourth-order valence-corrected chi connectivity index (χ4v) is 6.81. The molecule has 0 radical (unpaired) electrons. The average molecular weight is 699 g/mol. The van der Waals surface area contributed by atoms with E-state index in [4.69, 9.17) is 0 Å². The first-order valence-electron chi connectivity index (χ1n) is 15.6. The van der Waals surface area contributed by atoms with E-state index in [1.807, 2.05) is 79.0 Å². The number of nitrogens with one attached hydrogen (secondary N) is 3. The summed E-state index contributed by atoms with van der Waals surface area (Å²) < 4.78 is 13.4. The third-order valence-corrected chi connectivity index (χ3v) is 9.45. The van der Waals surface area contributed by atoms with Gasteiger partial charge in [-0.3, -0.25) is 14.4 Å². The molecule has 0 aliphatic carbocycles. The lowest BCUT2D eigenvalue weighted by Crippen LogP contribution is -2.30. The molecule has 6 aromatic rings. The van der Waals surface area contributed by atoms with E-state index in [2.05, 4.69) is 20.9 Å². The molecule has 0 spiro atoms. The highest BCUT2D eigenvalue weighted by Crippen LogP contribution is 2.38. The number of rotatable bonds is 11. The molecule has 3 N–H and O–H groups in total. The van der Waals surface area contributed by atoms with Crippen molar-refractivity contribution in [1.82, 2.24) is 10.3 Å². The zero-order chi connectivity index (χ0) is 34.9. The first-order chi connectivity index (χ1) is 24.3. The van der Waals surface area contributed by atoms with E-state index in [0.29, 0.717) is 22.1 Å². The van der Waals surface area contributed by atoms with Crippen molar-refractivity contribution in [3.8, 4) is 11.3 Å². The lowest BCUT2D eigenvalue weighted by atomic mass is 10.1. The van der Waals surface area contributed by atoms with Gasteiger partial charge in [0, 0.05) is 27.1 Å². The van der Waals surface area contributed by atoms with E-state index in [-0.39, 0.29) is 17.4 Å². The van der Waals surface area contributed by atoms with Crippen molar-refractivity contribution in [2.24, 2.45) is 0 Å². The molecule has 7 nitrogen and oxygen atoms in total. The van der Waals surface area contributed by atoms with Gasteiger partial charge in [-0.2, -0.15) is 0 Å². The van der Waals surface area contributed by atoms with Crippen molar-refractivity contribution in [3.05, 3.63) is 173 Å². The van der Waals surface area contributed by atoms with Crippen LogP contribution in [0.25, 0.3) is 17.3 Å². The second-order valence-electron chi connectivity index (χ2n) is 11.2. The zero-order valence-electron chi connectivity index (χ0n) is 26.8. The van der Waals surface area contributed by atoms with Gasteiger partial charge < -0.3 is 16.0 Å². The van der Waals surface area contributed by atoms with Crippen LogP contribution in [0.15, 0.2) is 149 Å². The summed E-state index contributed by atoms with van der Waals surface area (Å²) >= 11 is 2.61. The molecule has 1 aromatic heterocycles. The molecule has 0 aliphatic heterocycles. The molecule has 0 bridgehead atoms. The van der Waals surface area contributed by atoms with Gasteiger partial charge in [-0.25, -0.2) is 9.37 Å². The Hall–Kier alpha value is -5.84. The predicted molar refractivity (Wildman–Crippen MR) is 199 cm³/mol. The minimum atomic E-state index is -0.651. The summed E-state index contributed by atoms with van der Waals surface area (Å²) in [5.74, 6) is -1.53. The Morgan fingerprint density at radius 1 is 0.800 bits per heavy atom. The van der Waals surface area contributed by atoms with Crippen LogP contribution in [0.3, 0.4) is 0 Å². The smallest absolute Gasteiger partial charge is 0.272 e. The van der Waals surface area contributed by atoms with E-state index in [1.54, 1.807) is 60.7 Å². The second-order valence-corrected chi connectivity index (χ2v) is 13.3. The van der Waals surface area contributed by atoms with Crippen molar-refractivity contribution in [1.29, 1.82) is 0 Å². The van der Waals surface area contributed by atoms with Gasteiger partial charge in [0.15, 0.2) is 5.13 Å². The number of thioether (sulfide) groups is 1. The first kappa shape index (κ1) is 34.0. The summed E-state index contributed by atoms with van der Waals surface area (Å²) in [6, 6.07) is 38.9. The largest absolute Gasteiger partial charge is 0.321 e. The number of nitrogens with zero attached hydrogens (tertiary/aromatic N) is 1. The second kappa shape index (κ2) is 16.0. The summed E-state index contributed by atoms with van der Waals surface area (Å²) in [5.41, 5.74) is 4.91. The van der Waals surface area contributed by atoms with Gasteiger partial charge in [-0.05, 0) is 78.7 Å². The number of hydrogen-bond acceptors (Lipinski definition) is 6. The Morgan fingerprint density at radius 3 is 2.26 bits per heavy atom. The molecule has 5 aromatic carbocycles. The lowest BCUT2D eigenvalue weighted by Gasteiger charge is -2.17. The van der Waals surface area contributed by atoms with Crippen LogP contribution >= 0.6 is 23.1 Å². The Morgan fingerprint density at radius 2 is 1.52 bits per heavy atom. The quantitative estimate of drug-likeness (QED) is 0.0926. The van der Waals surface area contributed by atoms with Crippen LogP contribution in [0.1, 0.15) is 32.3 Å². The van der Waals surface area contributed by atoms with Gasteiger partial charge in [0.05, 0.1) is 5.69 Å².